The van der Waals surface area contributed by atoms with Gasteiger partial charge in [-0.3, -0.25) is 4.79 Å². The summed E-state index contributed by atoms with van der Waals surface area (Å²) >= 11 is 0. The highest BCUT2D eigenvalue weighted by molar-refractivity contribution is 5.91. The van der Waals surface area contributed by atoms with Crippen molar-refractivity contribution in [1.82, 2.24) is 4.90 Å². The molecule has 5 heteroatoms. The lowest BCUT2D eigenvalue weighted by molar-refractivity contribution is -0.129. The van der Waals surface area contributed by atoms with Gasteiger partial charge in [-0.1, -0.05) is 0 Å². The van der Waals surface area contributed by atoms with E-state index in [2.05, 4.69) is 0 Å². The van der Waals surface area contributed by atoms with Gasteiger partial charge in [-0.2, -0.15) is 0 Å². The summed E-state index contributed by atoms with van der Waals surface area (Å²) in [7, 11) is 0. The highest BCUT2D eigenvalue weighted by Crippen LogP contribution is 2.19. The fraction of sp³-hybridized carbons (Fsp3) is 0.588. The maximum absolute atomic E-state index is 12.2. The first-order valence-corrected chi connectivity index (χ1v) is 7.97. The van der Waals surface area contributed by atoms with E-state index in [9.17, 15) is 4.79 Å². The molecule has 0 spiro atoms. The number of piperidine rings is 1. The quantitative estimate of drug-likeness (QED) is 0.802. The van der Waals surface area contributed by atoms with E-state index in [1.54, 1.807) is 12.2 Å². The molecule has 1 amide bonds. The second-order valence-electron chi connectivity index (χ2n) is 5.93. The second kappa shape index (κ2) is 7.11. The zero-order valence-corrected chi connectivity index (χ0v) is 13.0. The van der Waals surface area contributed by atoms with Crippen molar-refractivity contribution in [2.75, 3.05) is 26.3 Å². The molecule has 3 rings (SSSR count). The smallest absolute Gasteiger partial charge is 0.246 e. The normalized spacial score (nSPS) is 23.5. The van der Waals surface area contributed by atoms with E-state index in [0.29, 0.717) is 12.4 Å². The summed E-state index contributed by atoms with van der Waals surface area (Å²) in [6.07, 6.45) is 6.61. The lowest BCUT2D eigenvalue weighted by Crippen LogP contribution is -2.41. The molecule has 2 saturated heterocycles. The molecule has 0 N–H and O–H groups in total. The van der Waals surface area contributed by atoms with Gasteiger partial charge in [-0.05, 0) is 44.4 Å². The van der Waals surface area contributed by atoms with Gasteiger partial charge in [0.25, 0.3) is 0 Å². The Bertz CT molecular complexity index is 523. The van der Waals surface area contributed by atoms with Crippen LogP contribution in [0.4, 0.5) is 0 Å². The van der Waals surface area contributed by atoms with Crippen molar-refractivity contribution in [2.45, 2.75) is 38.4 Å². The Kier molecular flexibility index (Phi) is 4.95. The zero-order valence-electron chi connectivity index (χ0n) is 13.0. The summed E-state index contributed by atoms with van der Waals surface area (Å²) in [5.41, 5.74) is 0. The van der Waals surface area contributed by atoms with Crippen molar-refractivity contribution in [3.05, 3.63) is 29.7 Å². The van der Waals surface area contributed by atoms with Crippen LogP contribution in [0, 0.1) is 6.92 Å². The van der Waals surface area contributed by atoms with Gasteiger partial charge in [0.1, 0.15) is 11.5 Å². The number of hydrogen-bond acceptors (Lipinski definition) is 4. The van der Waals surface area contributed by atoms with Crippen LogP contribution < -0.4 is 0 Å². The van der Waals surface area contributed by atoms with Crippen molar-refractivity contribution in [3.8, 4) is 0 Å². The second-order valence-corrected chi connectivity index (χ2v) is 5.93. The largest absolute Gasteiger partial charge is 0.462 e. The minimum absolute atomic E-state index is 0.0386. The molecule has 1 atom stereocenters. The molecule has 0 aromatic carbocycles. The molecule has 22 heavy (non-hydrogen) atoms. The Morgan fingerprint density at radius 2 is 2.09 bits per heavy atom. The van der Waals surface area contributed by atoms with E-state index in [4.69, 9.17) is 13.9 Å². The summed E-state index contributed by atoms with van der Waals surface area (Å²) in [5.74, 6) is 1.60. The maximum atomic E-state index is 12.2. The molecule has 5 nitrogen and oxygen atoms in total. The Morgan fingerprint density at radius 1 is 1.27 bits per heavy atom. The molecule has 0 radical (unpaired) electrons. The number of rotatable bonds is 4. The topological polar surface area (TPSA) is 51.9 Å². The highest BCUT2D eigenvalue weighted by atomic mass is 16.5. The fourth-order valence-electron chi connectivity index (χ4n) is 2.91. The standard InChI is InChI=1S/C17H23NO4/c1-13-2-3-14(21-13)4-5-17(19)18-9-6-15(7-10-18)22-16-8-11-20-12-16/h2-5,15-16H,6-12H2,1H3/b5-4-/t16-/m1/s1. The van der Waals surface area contributed by atoms with Gasteiger partial charge >= 0.3 is 0 Å². The number of ether oxygens (including phenoxy) is 2. The van der Waals surface area contributed by atoms with Gasteiger partial charge < -0.3 is 18.8 Å². The van der Waals surface area contributed by atoms with Gasteiger partial charge in [-0.15, -0.1) is 0 Å². The van der Waals surface area contributed by atoms with E-state index in [-0.39, 0.29) is 18.1 Å². The Hall–Kier alpha value is -1.59. The molecule has 0 aliphatic carbocycles. The number of hydrogen-bond donors (Lipinski definition) is 0. The highest BCUT2D eigenvalue weighted by Gasteiger charge is 2.26. The third kappa shape index (κ3) is 3.99. The minimum Gasteiger partial charge on any atom is -0.462 e. The Balaban J connectivity index is 1.44. The maximum Gasteiger partial charge on any atom is 0.246 e. The van der Waals surface area contributed by atoms with Crippen LogP contribution in [0.25, 0.3) is 6.08 Å². The first-order chi connectivity index (χ1) is 10.7. The summed E-state index contributed by atoms with van der Waals surface area (Å²) in [6, 6.07) is 3.75. The molecule has 1 aromatic rings. The molecule has 0 saturated carbocycles. The average Bonchev–Trinajstić information content (AvgIpc) is 3.17. The molecule has 3 heterocycles. The molecular weight excluding hydrogens is 282 g/mol. The van der Waals surface area contributed by atoms with Crippen LogP contribution in [0.3, 0.4) is 0 Å². The number of carbonyl (C=O) groups excluding carboxylic acids is 1. The van der Waals surface area contributed by atoms with Gasteiger partial charge in [0.15, 0.2) is 0 Å². The SMILES string of the molecule is Cc1ccc(/C=C\C(=O)N2CCC(O[C@@H]3CCOC3)CC2)o1. The van der Waals surface area contributed by atoms with Crippen molar-refractivity contribution in [3.63, 3.8) is 0 Å². The predicted molar refractivity (Wildman–Crippen MR) is 82.4 cm³/mol. The van der Waals surface area contributed by atoms with Crippen LogP contribution in [-0.2, 0) is 14.3 Å². The van der Waals surface area contributed by atoms with Crippen molar-refractivity contribution >= 4 is 12.0 Å². The summed E-state index contributed by atoms with van der Waals surface area (Å²) in [5, 5.41) is 0. The van der Waals surface area contributed by atoms with Crippen LogP contribution in [0.15, 0.2) is 22.6 Å². The molecule has 2 aliphatic rings. The molecule has 0 unspecified atom stereocenters. The third-order valence-electron chi connectivity index (χ3n) is 4.18. The van der Waals surface area contributed by atoms with Gasteiger partial charge in [-0.25, -0.2) is 0 Å². The van der Waals surface area contributed by atoms with Gasteiger partial charge in [0.2, 0.25) is 5.91 Å². The average molecular weight is 305 g/mol. The van der Waals surface area contributed by atoms with E-state index in [0.717, 1.165) is 44.7 Å². The molecule has 0 bridgehead atoms. The van der Waals surface area contributed by atoms with Crippen molar-refractivity contribution < 1.29 is 18.7 Å². The molecule has 120 valence electrons. The lowest BCUT2D eigenvalue weighted by atomic mass is 10.1. The summed E-state index contributed by atoms with van der Waals surface area (Å²) < 4.78 is 16.8. The van der Waals surface area contributed by atoms with E-state index < -0.39 is 0 Å². The van der Waals surface area contributed by atoms with Gasteiger partial charge in [0, 0.05) is 25.8 Å². The van der Waals surface area contributed by atoms with Crippen LogP contribution in [0.5, 0.6) is 0 Å². The van der Waals surface area contributed by atoms with Crippen LogP contribution in [0.2, 0.25) is 0 Å². The minimum atomic E-state index is 0.0386. The number of aryl methyl sites for hydroxylation is 1. The van der Waals surface area contributed by atoms with E-state index >= 15 is 0 Å². The first kappa shape index (κ1) is 15.3. The number of furan rings is 1. The van der Waals surface area contributed by atoms with Crippen LogP contribution in [-0.4, -0.2) is 49.3 Å². The van der Waals surface area contributed by atoms with Gasteiger partial charge in [0.05, 0.1) is 18.8 Å². The van der Waals surface area contributed by atoms with E-state index in [1.165, 1.54) is 0 Å². The summed E-state index contributed by atoms with van der Waals surface area (Å²) in [4.78, 5) is 14.0. The Morgan fingerprint density at radius 3 is 2.73 bits per heavy atom. The van der Waals surface area contributed by atoms with Crippen LogP contribution in [0.1, 0.15) is 30.8 Å². The van der Waals surface area contributed by atoms with Crippen molar-refractivity contribution in [1.29, 1.82) is 0 Å². The summed E-state index contributed by atoms with van der Waals surface area (Å²) in [6.45, 7) is 4.90. The zero-order chi connectivity index (χ0) is 15.4. The molecule has 2 aliphatic heterocycles. The molecular formula is C17H23NO4. The fourth-order valence-corrected chi connectivity index (χ4v) is 2.91. The molecule has 2 fully saturated rings. The number of nitrogens with zero attached hydrogens (tertiary/aromatic N) is 1. The third-order valence-corrected chi connectivity index (χ3v) is 4.18. The first-order valence-electron chi connectivity index (χ1n) is 7.97. The van der Waals surface area contributed by atoms with E-state index in [1.807, 2.05) is 24.0 Å². The predicted octanol–water partition coefficient (Wildman–Crippen LogP) is 2.40. The van der Waals surface area contributed by atoms with Crippen molar-refractivity contribution in [2.24, 2.45) is 0 Å². The molecule has 1 aromatic heterocycles. The van der Waals surface area contributed by atoms with Crippen LogP contribution >= 0.6 is 0 Å². The monoisotopic (exact) mass is 305 g/mol. The lowest BCUT2D eigenvalue weighted by Gasteiger charge is -2.32. The number of likely N-dealkylation sites (tertiary alicyclic amines) is 1. The number of amides is 1. The number of carbonyl (C=O) groups is 1. The Labute approximate surface area is 130 Å².